The highest BCUT2D eigenvalue weighted by atomic mass is 79.9. The number of carboxylic acids is 1. The summed E-state index contributed by atoms with van der Waals surface area (Å²) >= 11 is 3.19. The number of halogens is 1. The first-order valence-electron chi connectivity index (χ1n) is 4.51. The molecular weight excluding hydrogens is 276 g/mol. The van der Waals surface area contributed by atoms with E-state index in [0.29, 0.717) is 10.2 Å². The van der Waals surface area contributed by atoms with Crippen molar-refractivity contribution in [3.63, 3.8) is 0 Å². The second kappa shape index (κ2) is 4.36. The fraction of sp³-hybridized carbons (Fsp3) is 0.300. The Hall–Kier alpha value is -0.813. The second-order valence-corrected chi connectivity index (χ2v) is 9.44. The van der Waals surface area contributed by atoms with Crippen LogP contribution in [0, 0.1) is 0 Å². The quantitative estimate of drug-likeness (QED) is 0.868. The maximum Gasteiger partial charge on any atom is 0.336 e. The Morgan fingerprint density at radius 2 is 2.00 bits per heavy atom. The van der Waals surface area contributed by atoms with Gasteiger partial charge < -0.3 is 9.53 Å². The number of rotatable bonds is 3. The minimum atomic E-state index is -1.68. The predicted molar refractivity (Wildman–Crippen MR) is 65.1 cm³/mol. The Balaban J connectivity index is 3.03. The van der Waals surface area contributed by atoms with Gasteiger partial charge in [-0.1, -0.05) is 0 Å². The van der Waals surface area contributed by atoms with Gasteiger partial charge in [-0.15, -0.1) is 0 Å². The molecule has 0 atom stereocenters. The number of benzene rings is 1. The van der Waals surface area contributed by atoms with E-state index in [9.17, 15) is 4.79 Å². The van der Waals surface area contributed by atoms with E-state index < -0.39 is 14.3 Å². The van der Waals surface area contributed by atoms with Crippen molar-refractivity contribution in [2.75, 3.05) is 0 Å². The molecule has 1 aromatic carbocycles. The third kappa shape index (κ3) is 3.68. The van der Waals surface area contributed by atoms with Crippen LogP contribution in [0.2, 0.25) is 19.6 Å². The van der Waals surface area contributed by atoms with Gasteiger partial charge in [0, 0.05) is 4.47 Å². The molecule has 0 aromatic heterocycles. The monoisotopic (exact) mass is 288 g/mol. The molecule has 0 amide bonds. The van der Waals surface area contributed by atoms with E-state index in [-0.39, 0.29) is 5.56 Å². The molecule has 0 aliphatic rings. The Kier molecular flexibility index (Phi) is 3.57. The third-order valence-electron chi connectivity index (χ3n) is 1.59. The smallest absolute Gasteiger partial charge is 0.336 e. The molecule has 1 aromatic rings. The van der Waals surface area contributed by atoms with E-state index in [1.54, 1.807) is 18.2 Å². The Bertz CT molecular complexity index is 385. The van der Waals surface area contributed by atoms with Gasteiger partial charge in [-0.05, 0) is 53.8 Å². The molecule has 0 spiro atoms. The molecule has 0 saturated carbocycles. The highest BCUT2D eigenvalue weighted by Gasteiger charge is 2.17. The van der Waals surface area contributed by atoms with Crippen LogP contribution in [-0.4, -0.2) is 19.4 Å². The molecule has 5 heteroatoms. The maximum atomic E-state index is 10.9. The summed E-state index contributed by atoms with van der Waals surface area (Å²) in [6.07, 6.45) is 0. The Labute approximate surface area is 98.3 Å². The minimum Gasteiger partial charge on any atom is -0.544 e. The maximum absolute atomic E-state index is 10.9. The van der Waals surface area contributed by atoms with Crippen molar-refractivity contribution < 1.29 is 14.3 Å². The normalized spacial score (nSPS) is 11.2. The largest absolute Gasteiger partial charge is 0.544 e. The number of carbonyl (C=O) groups is 1. The van der Waals surface area contributed by atoms with E-state index in [1.807, 2.05) is 0 Å². The lowest BCUT2D eigenvalue weighted by Gasteiger charge is -2.19. The number of hydrogen-bond acceptors (Lipinski definition) is 2. The van der Waals surface area contributed by atoms with Crippen LogP contribution >= 0.6 is 15.9 Å². The molecule has 0 bridgehead atoms. The van der Waals surface area contributed by atoms with E-state index in [0.717, 1.165) is 0 Å². The van der Waals surface area contributed by atoms with Crippen molar-refractivity contribution >= 4 is 30.2 Å². The zero-order valence-corrected chi connectivity index (χ0v) is 11.5. The van der Waals surface area contributed by atoms with Gasteiger partial charge in [0.15, 0.2) is 0 Å². The lowest BCUT2D eigenvalue weighted by molar-refractivity contribution is 0.0695. The van der Waals surface area contributed by atoms with Gasteiger partial charge in [-0.2, -0.15) is 0 Å². The van der Waals surface area contributed by atoms with Gasteiger partial charge in [-0.25, -0.2) is 4.79 Å². The summed E-state index contributed by atoms with van der Waals surface area (Å²) in [6, 6.07) is 5.01. The van der Waals surface area contributed by atoms with E-state index in [4.69, 9.17) is 9.53 Å². The predicted octanol–water partition coefficient (Wildman–Crippen LogP) is 3.36. The van der Waals surface area contributed by atoms with Crippen LogP contribution in [0.25, 0.3) is 0 Å². The molecule has 0 aliphatic heterocycles. The van der Waals surface area contributed by atoms with Crippen LogP contribution in [0.5, 0.6) is 5.75 Å². The summed E-state index contributed by atoms with van der Waals surface area (Å²) in [4.78, 5) is 10.9. The first kappa shape index (κ1) is 12.3. The lowest BCUT2D eigenvalue weighted by atomic mass is 10.2. The highest BCUT2D eigenvalue weighted by molar-refractivity contribution is 9.10. The van der Waals surface area contributed by atoms with Crippen molar-refractivity contribution in [1.82, 2.24) is 0 Å². The molecule has 82 valence electrons. The zero-order chi connectivity index (χ0) is 11.6. The molecular formula is C10H13BrO3Si. The van der Waals surface area contributed by atoms with Gasteiger partial charge in [0.25, 0.3) is 0 Å². The van der Waals surface area contributed by atoms with Crippen molar-refractivity contribution in [1.29, 1.82) is 0 Å². The second-order valence-electron chi connectivity index (χ2n) is 4.16. The molecule has 0 aliphatic carbocycles. The molecule has 1 N–H and O–H groups in total. The summed E-state index contributed by atoms with van der Waals surface area (Å²) in [5, 5.41) is 8.91. The molecule has 3 nitrogen and oxygen atoms in total. The van der Waals surface area contributed by atoms with Crippen molar-refractivity contribution in [3.05, 3.63) is 28.2 Å². The van der Waals surface area contributed by atoms with Gasteiger partial charge in [-0.3, -0.25) is 0 Å². The van der Waals surface area contributed by atoms with Crippen molar-refractivity contribution in [3.8, 4) is 5.75 Å². The van der Waals surface area contributed by atoms with Gasteiger partial charge in [0.05, 0.1) is 5.56 Å². The molecule has 0 saturated heterocycles. The van der Waals surface area contributed by atoms with Gasteiger partial charge >= 0.3 is 5.97 Å². The van der Waals surface area contributed by atoms with E-state index >= 15 is 0 Å². The minimum absolute atomic E-state index is 0.228. The molecule has 0 unspecified atom stereocenters. The molecule has 1 rings (SSSR count). The number of carboxylic acid groups (broad SMARTS) is 1. The van der Waals surface area contributed by atoms with Gasteiger partial charge in [0.2, 0.25) is 8.32 Å². The summed E-state index contributed by atoms with van der Waals surface area (Å²) in [5.41, 5.74) is 0.228. The van der Waals surface area contributed by atoms with Crippen LogP contribution in [0.1, 0.15) is 10.4 Å². The van der Waals surface area contributed by atoms with Crippen molar-refractivity contribution in [2.45, 2.75) is 19.6 Å². The van der Waals surface area contributed by atoms with Gasteiger partial charge in [0.1, 0.15) is 5.75 Å². The standard InChI is InChI=1S/C10H13BrO3Si/c1-15(2,3)14-7-4-5-9(11)8(6-7)10(12)13/h4-6H,1-3H3,(H,12,13). The first-order valence-corrected chi connectivity index (χ1v) is 8.71. The lowest BCUT2D eigenvalue weighted by Crippen LogP contribution is -2.29. The molecule has 15 heavy (non-hydrogen) atoms. The van der Waals surface area contributed by atoms with Crippen molar-refractivity contribution in [2.24, 2.45) is 0 Å². The van der Waals surface area contributed by atoms with E-state index in [2.05, 4.69) is 35.6 Å². The average Bonchev–Trinajstić information content (AvgIpc) is 2.05. The molecule has 0 heterocycles. The summed E-state index contributed by atoms with van der Waals surface area (Å²) in [5.74, 6) is -0.335. The van der Waals surface area contributed by atoms with Crippen LogP contribution in [0.3, 0.4) is 0 Å². The summed E-state index contributed by atoms with van der Waals surface area (Å²) in [7, 11) is -1.68. The molecule has 0 fully saturated rings. The number of hydrogen-bond donors (Lipinski definition) is 1. The zero-order valence-electron chi connectivity index (χ0n) is 8.87. The SMILES string of the molecule is C[Si](C)(C)Oc1ccc(Br)c(C(=O)O)c1. The summed E-state index contributed by atoms with van der Waals surface area (Å²) < 4.78 is 6.27. The fourth-order valence-corrected chi connectivity index (χ4v) is 2.34. The summed E-state index contributed by atoms with van der Waals surface area (Å²) in [6.45, 7) is 6.15. The van der Waals surface area contributed by atoms with Crippen LogP contribution < -0.4 is 4.43 Å². The van der Waals surface area contributed by atoms with E-state index in [1.165, 1.54) is 0 Å². The fourth-order valence-electron chi connectivity index (χ4n) is 1.09. The van der Waals surface area contributed by atoms with Crippen LogP contribution in [0.4, 0.5) is 0 Å². The third-order valence-corrected chi connectivity index (χ3v) is 3.13. The first-order chi connectivity index (χ1) is 6.79. The topological polar surface area (TPSA) is 46.5 Å². The average molecular weight is 289 g/mol. The molecule has 0 radical (unpaired) electrons. The van der Waals surface area contributed by atoms with Crippen LogP contribution in [0.15, 0.2) is 22.7 Å². The highest BCUT2D eigenvalue weighted by Crippen LogP contribution is 2.24. The van der Waals surface area contributed by atoms with Crippen LogP contribution in [-0.2, 0) is 0 Å². The Morgan fingerprint density at radius 3 is 2.47 bits per heavy atom. The number of aromatic carboxylic acids is 1. The Morgan fingerprint density at radius 1 is 1.40 bits per heavy atom.